The Morgan fingerprint density at radius 1 is 1.30 bits per heavy atom. The van der Waals surface area contributed by atoms with Crippen LogP contribution in [-0.4, -0.2) is 36.5 Å². The number of nitrogens with one attached hydrogen (secondary N) is 2. The molecular weight excluding hydrogens is 252 g/mol. The van der Waals surface area contributed by atoms with Crippen LogP contribution in [0.5, 0.6) is 0 Å². The molecule has 0 spiro atoms. The summed E-state index contributed by atoms with van der Waals surface area (Å²) in [5.74, 6) is 5.31. The summed E-state index contributed by atoms with van der Waals surface area (Å²) in [6.07, 6.45) is 3.26. The van der Waals surface area contributed by atoms with Gasteiger partial charge in [-0.25, -0.2) is 0 Å². The second-order valence-corrected chi connectivity index (χ2v) is 5.31. The van der Waals surface area contributed by atoms with Crippen molar-refractivity contribution < 1.29 is 4.79 Å². The van der Waals surface area contributed by atoms with E-state index < -0.39 is 0 Å². The van der Waals surface area contributed by atoms with Gasteiger partial charge >= 0.3 is 0 Å². The maximum atomic E-state index is 12.1. The Morgan fingerprint density at radius 3 is 2.50 bits per heavy atom. The smallest absolute Gasteiger partial charge is 0.251 e. The molecule has 1 aliphatic rings. The number of nitrogen functional groups attached to an aromatic ring is 1. The number of hydrogen-bond acceptors (Lipinski definition) is 4. The highest BCUT2D eigenvalue weighted by molar-refractivity contribution is 5.94. The lowest BCUT2D eigenvalue weighted by molar-refractivity contribution is 0.0911. The number of benzene rings is 1. The van der Waals surface area contributed by atoms with Crippen molar-refractivity contribution in [2.75, 3.05) is 25.1 Å². The van der Waals surface area contributed by atoms with Crippen LogP contribution in [0.25, 0.3) is 0 Å². The fourth-order valence-corrected chi connectivity index (χ4v) is 2.60. The Morgan fingerprint density at radius 2 is 1.95 bits per heavy atom. The standard InChI is InChI=1S/C15H24N4O/c1-2-9-19-10-7-13(8-11-19)17-15(20)12-3-5-14(18-16)6-4-12/h3-6,13,18H,2,7-11,16H2,1H3,(H,17,20). The molecule has 1 aromatic carbocycles. The summed E-state index contributed by atoms with van der Waals surface area (Å²) < 4.78 is 0. The minimum Gasteiger partial charge on any atom is -0.349 e. The highest BCUT2D eigenvalue weighted by Crippen LogP contribution is 2.12. The molecular formula is C15H24N4O. The van der Waals surface area contributed by atoms with Crippen molar-refractivity contribution in [3.63, 3.8) is 0 Å². The monoisotopic (exact) mass is 276 g/mol. The van der Waals surface area contributed by atoms with E-state index in [1.807, 2.05) is 0 Å². The lowest BCUT2D eigenvalue weighted by Crippen LogP contribution is -2.44. The first-order valence-electron chi connectivity index (χ1n) is 7.33. The van der Waals surface area contributed by atoms with Crippen LogP contribution in [0.2, 0.25) is 0 Å². The molecule has 1 fully saturated rings. The molecule has 5 nitrogen and oxygen atoms in total. The molecule has 4 N–H and O–H groups in total. The summed E-state index contributed by atoms with van der Waals surface area (Å²) in [4.78, 5) is 14.6. The van der Waals surface area contributed by atoms with Crippen LogP contribution in [0.4, 0.5) is 5.69 Å². The Kier molecular flexibility index (Phi) is 5.38. The first-order valence-corrected chi connectivity index (χ1v) is 7.33. The maximum Gasteiger partial charge on any atom is 0.251 e. The third-order valence-corrected chi connectivity index (χ3v) is 3.78. The summed E-state index contributed by atoms with van der Waals surface area (Å²) in [5.41, 5.74) is 4.03. The van der Waals surface area contributed by atoms with Crippen molar-refractivity contribution >= 4 is 11.6 Å². The van der Waals surface area contributed by atoms with Crippen molar-refractivity contribution in [1.29, 1.82) is 0 Å². The molecule has 0 atom stereocenters. The molecule has 1 aromatic rings. The van der Waals surface area contributed by atoms with Crippen LogP contribution in [0, 0.1) is 0 Å². The van der Waals surface area contributed by atoms with Gasteiger partial charge in [0.15, 0.2) is 0 Å². The number of hydrazine groups is 1. The van der Waals surface area contributed by atoms with E-state index in [0.29, 0.717) is 11.6 Å². The van der Waals surface area contributed by atoms with Gasteiger partial charge in [-0.2, -0.15) is 0 Å². The summed E-state index contributed by atoms with van der Waals surface area (Å²) >= 11 is 0. The summed E-state index contributed by atoms with van der Waals surface area (Å²) in [6, 6.07) is 7.48. The Hall–Kier alpha value is -1.59. The number of anilines is 1. The van der Waals surface area contributed by atoms with Crippen LogP contribution >= 0.6 is 0 Å². The third kappa shape index (κ3) is 3.95. The SMILES string of the molecule is CCCN1CCC(NC(=O)c2ccc(NN)cc2)CC1. The number of carbonyl (C=O) groups excluding carboxylic acids is 1. The first kappa shape index (κ1) is 14.8. The molecule has 0 aromatic heterocycles. The van der Waals surface area contributed by atoms with Gasteiger partial charge in [-0.3, -0.25) is 10.6 Å². The number of hydrogen-bond donors (Lipinski definition) is 3. The van der Waals surface area contributed by atoms with Gasteiger partial charge in [-0.05, 0) is 50.1 Å². The van der Waals surface area contributed by atoms with E-state index in [0.717, 1.165) is 38.2 Å². The normalized spacial score (nSPS) is 16.9. The molecule has 0 radical (unpaired) electrons. The lowest BCUT2D eigenvalue weighted by atomic mass is 10.0. The Balaban J connectivity index is 1.82. The van der Waals surface area contributed by atoms with E-state index in [1.165, 1.54) is 6.42 Å². The van der Waals surface area contributed by atoms with Crippen LogP contribution in [0.1, 0.15) is 36.5 Å². The Bertz CT molecular complexity index is 424. The van der Waals surface area contributed by atoms with Crippen LogP contribution < -0.4 is 16.6 Å². The first-order chi connectivity index (χ1) is 9.72. The van der Waals surface area contributed by atoms with Crippen molar-refractivity contribution in [3.05, 3.63) is 29.8 Å². The summed E-state index contributed by atoms with van der Waals surface area (Å²) in [5, 5.41) is 3.12. The fraction of sp³-hybridized carbons (Fsp3) is 0.533. The zero-order valence-electron chi connectivity index (χ0n) is 12.1. The van der Waals surface area contributed by atoms with Gasteiger partial charge < -0.3 is 15.6 Å². The predicted octanol–water partition coefficient (Wildman–Crippen LogP) is 1.58. The van der Waals surface area contributed by atoms with E-state index in [2.05, 4.69) is 22.6 Å². The van der Waals surface area contributed by atoms with Crippen molar-refractivity contribution in [2.45, 2.75) is 32.2 Å². The molecule has 0 unspecified atom stereocenters. The molecule has 20 heavy (non-hydrogen) atoms. The van der Waals surface area contributed by atoms with E-state index in [1.54, 1.807) is 24.3 Å². The van der Waals surface area contributed by atoms with Gasteiger partial charge in [0.25, 0.3) is 5.91 Å². The van der Waals surface area contributed by atoms with Gasteiger partial charge in [0.1, 0.15) is 0 Å². The number of carbonyl (C=O) groups is 1. The molecule has 1 saturated heterocycles. The minimum absolute atomic E-state index is 0.00233. The number of likely N-dealkylation sites (tertiary alicyclic amines) is 1. The van der Waals surface area contributed by atoms with Gasteiger partial charge in [0.05, 0.1) is 0 Å². The second-order valence-electron chi connectivity index (χ2n) is 5.31. The van der Waals surface area contributed by atoms with Gasteiger partial charge in [0, 0.05) is 30.4 Å². The molecule has 0 aliphatic carbocycles. The van der Waals surface area contributed by atoms with Crippen molar-refractivity contribution in [1.82, 2.24) is 10.2 Å². The molecule has 1 aliphatic heterocycles. The topological polar surface area (TPSA) is 70.4 Å². The summed E-state index contributed by atoms with van der Waals surface area (Å²) in [7, 11) is 0. The molecule has 1 heterocycles. The average Bonchev–Trinajstić information content (AvgIpc) is 2.49. The van der Waals surface area contributed by atoms with Gasteiger partial charge in [-0.1, -0.05) is 6.92 Å². The van der Waals surface area contributed by atoms with E-state index in [4.69, 9.17) is 5.84 Å². The molecule has 5 heteroatoms. The highest BCUT2D eigenvalue weighted by Gasteiger charge is 2.20. The number of amides is 1. The maximum absolute atomic E-state index is 12.1. The van der Waals surface area contributed by atoms with Crippen LogP contribution in [0.3, 0.4) is 0 Å². The molecule has 1 amide bonds. The number of rotatable bonds is 5. The zero-order valence-corrected chi connectivity index (χ0v) is 12.1. The average molecular weight is 276 g/mol. The van der Waals surface area contributed by atoms with E-state index in [-0.39, 0.29) is 5.91 Å². The third-order valence-electron chi connectivity index (χ3n) is 3.78. The van der Waals surface area contributed by atoms with E-state index in [9.17, 15) is 4.79 Å². The molecule has 2 rings (SSSR count). The van der Waals surface area contributed by atoms with Crippen LogP contribution in [-0.2, 0) is 0 Å². The number of piperidine rings is 1. The lowest BCUT2D eigenvalue weighted by Gasteiger charge is -2.32. The zero-order chi connectivity index (χ0) is 14.4. The summed E-state index contributed by atoms with van der Waals surface area (Å²) in [6.45, 7) is 5.52. The van der Waals surface area contributed by atoms with Gasteiger partial charge in [0.2, 0.25) is 0 Å². The minimum atomic E-state index is 0.00233. The number of nitrogens with two attached hydrogens (primary N) is 1. The Labute approximate surface area is 120 Å². The molecule has 0 saturated carbocycles. The second kappa shape index (κ2) is 7.26. The predicted molar refractivity (Wildman–Crippen MR) is 81.5 cm³/mol. The van der Waals surface area contributed by atoms with Crippen molar-refractivity contribution in [3.8, 4) is 0 Å². The van der Waals surface area contributed by atoms with Crippen LogP contribution in [0.15, 0.2) is 24.3 Å². The largest absolute Gasteiger partial charge is 0.349 e. The molecule has 0 bridgehead atoms. The quantitative estimate of drug-likeness (QED) is 0.564. The fourth-order valence-electron chi connectivity index (χ4n) is 2.60. The molecule has 110 valence electrons. The number of nitrogens with zero attached hydrogens (tertiary/aromatic N) is 1. The van der Waals surface area contributed by atoms with E-state index >= 15 is 0 Å². The van der Waals surface area contributed by atoms with Crippen molar-refractivity contribution in [2.24, 2.45) is 5.84 Å². The highest BCUT2D eigenvalue weighted by atomic mass is 16.1. The van der Waals surface area contributed by atoms with Gasteiger partial charge in [-0.15, -0.1) is 0 Å².